The Bertz CT molecular complexity index is 697. The Kier molecular flexibility index (Phi) is 9.55. The zero-order valence-corrected chi connectivity index (χ0v) is 18.6. The summed E-state index contributed by atoms with van der Waals surface area (Å²) >= 11 is -1.32. The first-order valence-corrected chi connectivity index (χ1v) is 10.8. The van der Waals surface area contributed by atoms with Crippen LogP contribution in [0.4, 0.5) is 0 Å². The number of nitrogens with one attached hydrogen (secondary N) is 1. The van der Waals surface area contributed by atoms with Crippen molar-refractivity contribution in [3.05, 3.63) is 66.0 Å². The zero-order valence-electron chi connectivity index (χ0n) is 17.8. The summed E-state index contributed by atoms with van der Waals surface area (Å²) in [6, 6.07) is 15.2. The molecule has 0 spiro atoms. The van der Waals surface area contributed by atoms with E-state index in [0.717, 1.165) is 11.3 Å². The average molecular weight is 421 g/mol. The summed E-state index contributed by atoms with van der Waals surface area (Å²) in [7, 11) is 3.24. The first-order chi connectivity index (χ1) is 13.9. The molecule has 7 heteroatoms. The SMILES string of the molecule is CO[C@@H](COCc1ccccc1)[C@H](N[S@+]([O-])C(C)(C)C)[C@@H](OC)c1ccccn1. The minimum absolute atomic E-state index is 0.317. The second-order valence-electron chi connectivity index (χ2n) is 7.71. The molecule has 2 rings (SSSR count). The van der Waals surface area contributed by atoms with Crippen LogP contribution < -0.4 is 4.72 Å². The molecule has 1 N–H and O–H groups in total. The highest BCUT2D eigenvalue weighted by Crippen LogP contribution is 2.25. The van der Waals surface area contributed by atoms with E-state index in [0.29, 0.717) is 13.2 Å². The fraction of sp³-hybridized carbons (Fsp3) is 0.500. The van der Waals surface area contributed by atoms with Gasteiger partial charge in [-0.1, -0.05) is 36.4 Å². The minimum Gasteiger partial charge on any atom is -0.598 e. The fourth-order valence-electron chi connectivity index (χ4n) is 2.81. The van der Waals surface area contributed by atoms with Crippen LogP contribution >= 0.6 is 0 Å². The number of benzene rings is 1. The summed E-state index contributed by atoms with van der Waals surface area (Å²) < 4.78 is 33.1. The Morgan fingerprint density at radius 2 is 1.72 bits per heavy atom. The molecule has 0 aliphatic rings. The van der Waals surface area contributed by atoms with Gasteiger partial charge in [-0.05, 0) is 38.5 Å². The van der Waals surface area contributed by atoms with E-state index in [2.05, 4.69) is 9.71 Å². The summed E-state index contributed by atoms with van der Waals surface area (Å²) in [4.78, 5) is 4.42. The van der Waals surface area contributed by atoms with Crippen LogP contribution in [-0.2, 0) is 32.2 Å². The van der Waals surface area contributed by atoms with E-state index in [-0.39, 0.29) is 0 Å². The van der Waals surface area contributed by atoms with Crippen molar-refractivity contribution >= 4 is 11.4 Å². The van der Waals surface area contributed by atoms with Crippen molar-refractivity contribution < 1.29 is 18.8 Å². The number of ether oxygens (including phenoxy) is 3. The van der Waals surface area contributed by atoms with Crippen molar-refractivity contribution in [2.75, 3.05) is 20.8 Å². The molecule has 29 heavy (non-hydrogen) atoms. The van der Waals surface area contributed by atoms with Crippen LogP contribution in [0.3, 0.4) is 0 Å². The highest BCUT2D eigenvalue weighted by atomic mass is 32.2. The van der Waals surface area contributed by atoms with Crippen molar-refractivity contribution in [3.63, 3.8) is 0 Å². The molecule has 1 heterocycles. The van der Waals surface area contributed by atoms with Crippen LogP contribution in [-0.4, -0.2) is 47.3 Å². The highest BCUT2D eigenvalue weighted by molar-refractivity contribution is 7.90. The molecule has 0 radical (unpaired) electrons. The van der Waals surface area contributed by atoms with Gasteiger partial charge in [0, 0.05) is 31.8 Å². The zero-order chi connectivity index (χ0) is 21.3. The van der Waals surface area contributed by atoms with E-state index in [1.807, 2.05) is 69.3 Å². The van der Waals surface area contributed by atoms with E-state index < -0.39 is 34.4 Å². The molecule has 0 aliphatic carbocycles. The molecule has 1 aromatic heterocycles. The standard InChI is InChI=1S/C22H32N2O4S/c1-22(2,3)29(25)24-20(21(27-5)18-13-9-10-14-23-18)19(26-4)16-28-15-17-11-7-6-8-12-17/h6-14,19-21,24H,15-16H2,1-5H3/t19-,20-,21-,29+/m0/s1. The topological polar surface area (TPSA) is 75.7 Å². The third-order valence-electron chi connectivity index (χ3n) is 4.46. The molecule has 0 bridgehead atoms. The van der Waals surface area contributed by atoms with Crippen molar-refractivity contribution in [1.82, 2.24) is 9.71 Å². The van der Waals surface area contributed by atoms with Crippen molar-refractivity contribution in [1.29, 1.82) is 0 Å². The molecule has 1 aromatic carbocycles. The molecular weight excluding hydrogens is 388 g/mol. The maximum atomic E-state index is 12.9. The molecule has 6 nitrogen and oxygen atoms in total. The second-order valence-corrected chi connectivity index (χ2v) is 9.71. The lowest BCUT2D eigenvalue weighted by Crippen LogP contribution is -2.54. The van der Waals surface area contributed by atoms with Crippen LogP contribution in [0.25, 0.3) is 0 Å². The van der Waals surface area contributed by atoms with Gasteiger partial charge in [0.15, 0.2) is 0 Å². The number of hydrogen-bond acceptors (Lipinski definition) is 6. The van der Waals surface area contributed by atoms with Gasteiger partial charge in [-0.2, -0.15) is 0 Å². The maximum absolute atomic E-state index is 12.9. The Labute approximate surface area is 177 Å². The Morgan fingerprint density at radius 3 is 2.28 bits per heavy atom. The van der Waals surface area contributed by atoms with Crippen LogP contribution in [0.1, 0.15) is 38.1 Å². The molecule has 0 saturated carbocycles. The highest BCUT2D eigenvalue weighted by Gasteiger charge is 2.39. The normalized spacial score (nSPS) is 16.2. The van der Waals surface area contributed by atoms with Crippen molar-refractivity contribution in [3.8, 4) is 0 Å². The van der Waals surface area contributed by atoms with Gasteiger partial charge in [0.1, 0.15) is 23.0 Å². The van der Waals surface area contributed by atoms with Gasteiger partial charge < -0.3 is 18.8 Å². The second kappa shape index (κ2) is 11.6. The molecule has 2 aromatic rings. The first-order valence-electron chi connectivity index (χ1n) is 9.63. The van der Waals surface area contributed by atoms with Gasteiger partial charge >= 0.3 is 0 Å². The quantitative estimate of drug-likeness (QED) is 0.562. The number of nitrogens with zero attached hydrogens (tertiary/aromatic N) is 1. The van der Waals surface area contributed by atoms with Gasteiger partial charge in [0.25, 0.3) is 0 Å². The fourth-order valence-corrected chi connectivity index (χ4v) is 3.69. The molecule has 4 atom stereocenters. The monoisotopic (exact) mass is 420 g/mol. The van der Waals surface area contributed by atoms with Gasteiger partial charge in [-0.3, -0.25) is 4.98 Å². The number of aromatic nitrogens is 1. The predicted molar refractivity (Wildman–Crippen MR) is 116 cm³/mol. The molecule has 0 amide bonds. The lowest BCUT2D eigenvalue weighted by atomic mass is 10.0. The Balaban J connectivity index is 2.18. The number of hydrogen-bond donors (Lipinski definition) is 1. The van der Waals surface area contributed by atoms with Crippen LogP contribution in [0.15, 0.2) is 54.7 Å². The lowest BCUT2D eigenvalue weighted by molar-refractivity contribution is -0.0510. The third kappa shape index (κ3) is 7.37. The summed E-state index contributed by atoms with van der Waals surface area (Å²) in [5.41, 5.74) is 1.82. The molecule has 0 aliphatic heterocycles. The number of methoxy groups -OCH3 is 2. The average Bonchev–Trinajstić information content (AvgIpc) is 2.72. The van der Waals surface area contributed by atoms with E-state index in [4.69, 9.17) is 14.2 Å². The lowest BCUT2D eigenvalue weighted by Gasteiger charge is -2.35. The summed E-state index contributed by atoms with van der Waals surface area (Å²) in [5, 5.41) is 0. The Hall–Kier alpha value is -1.48. The minimum atomic E-state index is -1.32. The largest absolute Gasteiger partial charge is 0.598 e. The van der Waals surface area contributed by atoms with Crippen LogP contribution in [0.5, 0.6) is 0 Å². The molecule has 0 unspecified atom stereocenters. The van der Waals surface area contributed by atoms with Gasteiger partial charge in [-0.15, -0.1) is 4.72 Å². The van der Waals surface area contributed by atoms with Gasteiger partial charge in [0.2, 0.25) is 0 Å². The first kappa shape index (κ1) is 23.8. The van der Waals surface area contributed by atoms with Crippen molar-refractivity contribution in [2.45, 2.75) is 50.4 Å². The molecule has 0 saturated heterocycles. The van der Waals surface area contributed by atoms with E-state index >= 15 is 0 Å². The molecular formula is C22H32N2O4S. The Morgan fingerprint density at radius 1 is 1.03 bits per heavy atom. The molecule has 0 fully saturated rings. The van der Waals surface area contributed by atoms with Crippen LogP contribution in [0, 0.1) is 0 Å². The molecule has 160 valence electrons. The summed E-state index contributed by atoms with van der Waals surface area (Å²) in [6.07, 6.45) is 0.872. The smallest absolute Gasteiger partial charge is 0.136 e. The van der Waals surface area contributed by atoms with Crippen LogP contribution in [0.2, 0.25) is 0 Å². The van der Waals surface area contributed by atoms with Crippen molar-refractivity contribution in [2.24, 2.45) is 0 Å². The van der Waals surface area contributed by atoms with E-state index in [9.17, 15) is 4.55 Å². The summed E-state index contributed by atoms with van der Waals surface area (Å²) in [5.74, 6) is 0. The van der Waals surface area contributed by atoms with Gasteiger partial charge in [0.05, 0.1) is 18.9 Å². The third-order valence-corrected chi connectivity index (χ3v) is 6.05. The predicted octanol–water partition coefficient (Wildman–Crippen LogP) is 3.42. The van der Waals surface area contributed by atoms with E-state index in [1.54, 1.807) is 20.4 Å². The maximum Gasteiger partial charge on any atom is 0.136 e. The van der Waals surface area contributed by atoms with E-state index in [1.165, 1.54) is 0 Å². The number of rotatable bonds is 11. The number of pyridine rings is 1. The van der Waals surface area contributed by atoms with Gasteiger partial charge in [-0.25, -0.2) is 0 Å². The summed E-state index contributed by atoms with van der Waals surface area (Å²) in [6.45, 7) is 6.55.